The van der Waals surface area contributed by atoms with Crippen LogP contribution in [0.5, 0.6) is 0 Å². The molecule has 0 aliphatic carbocycles. The first-order valence-electron chi connectivity index (χ1n) is 7.35. The van der Waals surface area contributed by atoms with Crippen molar-refractivity contribution in [3.05, 3.63) is 34.9 Å². The Morgan fingerprint density at radius 3 is 2.22 bits per heavy atom. The minimum atomic E-state index is 0.566. The highest BCUT2D eigenvalue weighted by atomic mass is 14.9. The van der Waals surface area contributed by atoms with Crippen LogP contribution in [0, 0.1) is 13.8 Å². The van der Waals surface area contributed by atoms with E-state index in [4.69, 9.17) is 0 Å². The second-order valence-electron chi connectivity index (χ2n) is 5.74. The molecule has 0 fully saturated rings. The van der Waals surface area contributed by atoms with Crippen molar-refractivity contribution in [3.63, 3.8) is 0 Å². The lowest BCUT2D eigenvalue weighted by Gasteiger charge is -2.23. The maximum absolute atomic E-state index is 3.72. The molecule has 0 aliphatic rings. The van der Waals surface area contributed by atoms with Crippen molar-refractivity contribution in [2.75, 3.05) is 0 Å². The summed E-state index contributed by atoms with van der Waals surface area (Å²) in [7, 11) is 0. The molecule has 0 radical (unpaired) electrons. The average Bonchev–Trinajstić information content (AvgIpc) is 2.30. The molecule has 0 bridgehead atoms. The van der Waals surface area contributed by atoms with Gasteiger partial charge in [-0.25, -0.2) is 0 Å². The Kier molecular flexibility index (Phi) is 6.42. The molecule has 1 N–H and O–H groups in total. The van der Waals surface area contributed by atoms with Crippen LogP contribution in [0.15, 0.2) is 18.2 Å². The number of benzene rings is 1. The summed E-state index contributed by atoms with van der Waals surface area (Å²) in [6.45, 7) is 11.2. The summed E-state index contributed by atoms with van der Waals surface area (Å²) in [5, 5.41) is 3.72. The third-order valence-corrected chi connectivity index (χ3v) is 3.57. The average molecular weight is 247 g/mol. The van der Waals surface area contributed by atoms with Gasteiger partial charge in [0, 0.05) is 12.1 Å². The monoisotopic (exact) mass is 247 g/mol. The molecule has 0 aromatic heterocycles. The lowest BCUT2D eigenvalue weighted by atomic mass is 9.94. The maximum atomic E-state index is 3.72. The van der Waals surface area contributed by atoms with E-state index in [1.807, 2.05) is 0 Å². The normalized spacial score (nSPS) is 13.0. The molecule has 1 unspecified atom stereocenters. The van der Waals surface area contributed by atoms with E-state index in [0.717, 1.165) is 6.42 Å². The lowest BCUT2D eigenvalue weighted by Crippen LogP contribution is -2.36. The van der Waals surface area contributed by atoms with Gasteiger partial charge in [0.15, 0.2) is 0 Å². The summed E-state index contributed by atoms with van der Waals surface area (Å²) in [6.07, 6.45) is 5.04. The van der Waals surface area contributed by atoms with Gasteiger partial charge in [-0.05, 0) is 43.4 Å². The zero-order valence-corrected chi connectivity index (χ0v) is 12.7. The predicted octanol–water partition coefficient (Wildman–Crippen LogP) is 4.40. The number of nitrogens with one attached hydrogen (secondary N) is 1. The fraction of sp³-hybridized carbons (Fsp3) is 0.647. The summed E-state index contributed by atoms with van der Waals surface area (Å²) in [4.78, 5) is 0. The van der Waals surface area contributed by atoms with Crippen molar-refractivity contribution in [3.8, 4) is 0 Å². The molecule has 0 spiro atoms. The Hall–Kier alpha value is -0.820. The molecule has 102 valence electrons. The molecule has 0 saturated carbocycles. The maximum Gasteiger partial charge on any atom is 0.0110 e. The van der Waals surface area contributed by atoms with Gasteiger partial charge in [0.25, 0.3) is 0 Å². The van der Waals surface area contributed by atoms with Crippen LogP contribution in [0.1, 0.15) is 56.7 Å². The first kappa shape index (κ1) is 15.2. The van der Waals surface area contributed by atoms with Crippen molar-refractivity contribution in [1.29, 1.82) is 0 Å². The zero-order chi connectivity index (χ0) is 13.5. The van der Waals surface area contributed by atoms with Crippen LogP contribution in [0.2, 0.25) is 0 Å². The topological polar surface area (TPSA) is 12.0 Å². The molecule has 1 aromatic carbocycles. The molecule has 1 rings (SSSR count). The van der Waals surface area contributed by atoms with E-state index in [-0.39, 0.29) is 0 Å². The van der Waals surface area contributed by atoms with Crippen LogP contribution in [0.4, 0.5) is 0 Å². The number of unbranched alkanes of at least 4 members (excludes halogenated alkanes) is 1. The minimum Gasteiger partial charge on any atom is -0.311 e. The highest BCUT2D eigenvalue weighted by molar-refractivity contribution is 5.34. The highest BCUT2D eigenvalue weighted by Gasteiger charge is 2.13. The summed E-state index contributed by atoms with van der Waals surface area (Å²) in [6, 6.07) is 7.80. The Morgan fingerprint density at radius 2 is 1.72 bits per heavy atom. The molecule has 0 aliphatic heterocycles. The van der Waals surface area contributed by atoms with Gasteiger partial charge in [-0.2, -0.15) is 0 Å². The molecule has 0 saturated heterocycles. The lowest BCUT2D eigenvalue weighted by molar-refractivity contribution is 0.424. The summed E-state index contributed by atoms with van der Waals surface area (Å²) in [5.74, 6) is 0. The van der Waals surface area contributed by atoms with Crippen molar-refractivity contribution < 1.29 is 0 Å². The Labute approximate surface area is 113 Å². The van der Waals surface area contributed by atoms with Crippen LogP contribution in [0.25, 0.3) is 0 Å². The quantitative estimate of drug-likeness (QED) is 0.753. The van der Waals surface area contributed by atoms with Gasteiger partial charge in [-0.3, -0.25) is 0 Å². The summed E-state index contributed by atoms with van der Waals surface area (Å²) in [5.41, 5.74) is 4.40. The number of aryl methyl sites for hydroxylation is 2. The Bertz CT molecular complexity index is 334. The second kappa shape index (κ2) is 7.58. The number of rotatable bonds is 7. The van der Waals surface area contributed by atoms with Crippen LogP contribution >= 0.6 is 0 Å². The van der Waals surface area contributed by atoms with Gasteiger partial charge >= 0.3 is 0 Å². The first-order valence-corrected chi connectivity index (χ1v) is 7.35. The third-order valence-electron chi connectivity index (χ3n) is 3.57. The number of hydrogen-bond donors (Lipinski definition) is 1. The van der Waals surface area contributed by atoms with Gasteiger partial charge < -0.3 is 5.32 Å². The summed E-state index contributed by atoms with van der Waals surface area (Å²) >= 11 is 0. The van der Waals surface area contributed by atoms with Gasteiger partial charge in [0.1, 0.15) is 0 Å². The van der Waals surface area contributed by atoms with Crippen LogP contribution in [0.3, 0.4) is 0 Å². The van der Waals surface area contributed by atoms with E-state index < -0.39 is 0 Å². The largest absolute Gasteiger partial charge is 0.311 e. The van der Waals surface area contributed by atoms with Gasteiger partial charge in [0.05, 0.1) is 0 Å². The first-order chi connectivity index (χ1) is 8.54. The minimum absolute atomic E-state index is 0.566. The van der Waals surface area contributed by atoms with E-state index in [1.165, 1.54) is 36.0 Å². The van der Waals surface area contributed by atoms with Crippen molar-refractivity contribution >= 4 is 0 Å². The molecular weight excluding hydrogens is 218 g/mol. The van der Waals surface area contributed by atoms with Crippen molar-refractivity contribution in [1.82, 2.24) is 5.32 Å². The fourth-order valence-corrected chi connectivity index (χ4v) is 2.58. The van der Waals surface area contributed by atoms with Crippen molar-refractivity contribution in [2.24, 2.45) is 0 Å². The molecule has 1 heteroatoms. The van der Waals surface area contributed by atoms with Crippen LogP contribution in [-0.2, 0) is 6.42 Å². The molecule has 1 nitrogen and oxygen atoms in total. The van der Waals surface area contributed by atoms with E-state index in [1.54, 1.807) is 0 Å². The molecular formula is C17H29N. The van der Waals surface area contributed by atoms with Gasteiger partial charge in [-0.15, -0.1) is 0 Å². The highest BCUT2D eigenvalue weighted by Crippen LogP contribution is 2.17. The van der Waals surface area contributed by atoms with Crippen molar-refractivity contribution in [2.45, 2.75) is 72.4 Å². The van der Waals surface area contributed by atoms with E-state index >= 15 is 0 Å². The van der Waals surface area contributed by atoms with Crippen LogP contribution in [-0.4, -0.2) is 12.1 Å². The van der Waals surface area contributed by atoms with E-state index in [2.05, 4.69) is 58.1 Å². The zero-order valence-electron chi connectivity index (χ0n) is 12.7. The van der Waals surface area contributed by atoms with Gasteiger partial charge in [-0.1, -0.05) is 51.8 Å². The smallest absolute Gasteiger partial charge is 0.0110 e. The fourth-order valence-electron chi connectivity index (χ4n) is 2.58. The summed E-state index contributed by atoms with van der Waals surface area (Å²) < 4.78 is 0. The molecule has 1 aromatic rings. The van der Waals surface area contributed by atoms with E-state index in [0.29, 0.717) is 12.1 Å². The standard InChI is InChI=1S/C17H29N/c1-6-7-11-16(18-13(2)3)12-17-14(4)9-8-10-15(17)5/h8-10,13,16,18H,6-7,11-12H2,1-5H3. The Balaban J connectivity index is 2.75. The molecule has 0 amide bonds. The molecule has 1 atom stereocenters. The Morgan fingerprint density at radius 1 is 1.11 bits per heavy atom. The van der Waals surface area contributed by atoms with E-state index in [9.17, 15) is 0 Å². The SMILES string of the molecule is CCCCC(Cc1c(C)cccc1C)NC(C)C. The predicted molar refractivity (Wildman–Crippen MR) is 81.2 cm³/mol. The second-order valence-corrected chi connectivity index (χ2v) is 5.74. The molecule has 0 heterocycles. The molecule has 18 heavy (non-hydrogen) atoms. The van der Waals surface area contributed by atoms with Crippen LogP contribution < -0.4 is 5.32 Å². The van der Waals surface area contributed by atoms with Gasteiger partial charge in [0.2, 0.25) is 0 Å². The number of hydrogen-bond acceptors (Lipinski definition) is 1. The third kappa shape index (κ3) is 4.81.